The van der Waals surface area contributed by atoms with Crippen LogP contribution in [-0.2, 0) is 86.7 Å². The van der Waals surface area contributed by atoms with Gasteiger partial charge in [-0.3, -0.25) is 38.4 Å². The highest BCUT2D eigenvalue weighted by atomic mass is 16.2. The number of nitrogens with one attached hydrogen (secondary N) is 12. The van der Waals surface area contributed by atoms with Crippen molar-refractivity contribution < 1.29 is 38.4 Å². The molecule has 732 valence electrons. The summed E-state index contributed by atoms with van der Waals surface area (Å²) in [6, 6.07) is 129. The van der Waals surface area contributed by atoms with Crippen molar-refractivity contribution in [3.63, 3.8) is 0 Å². The third kappa shape index (κ3) is 24.3. The lowest BCUT2D eigenvalue weighted by atomic mass is 9.77. The Hall–Kier alpha value is -15.3. The van der Waals surface area contributed by atoms with Crippen molar-refractivity contribution in [3.05, 3.63) is 502 Å². The van der Waals surface area contributed by atoms with Crippen LogP contribution in [0.5, 0.6) is 0 Å². The summed E-state index contributed by atoms with van der Waals surface area (Å²) in [6.07, 6.45) is 5.30. The highest BCUT2D eigenvalue weighted by Crippen LogP contribution is 2.43. The van der Waals surface area contributed by atoms with E-state index in [0.717, 1.165) is 115 Å². The minimum absolute atomic E-state index is 0.0658. The molecule has 14 aromatic rings. The first-order valence-electron chi connectivity index (χ1n) is 50.8. The van der Waals surface area contributed by atoms with Gasteiger partial charge in [0.05, 0.1) is 24.2 Å². The molecule has 144 heavy (non-hydrogen) atoms. The van der Waals surface area contributed by atoms with E-state index in [1.165, 1.54) is 0 Å². The van der Waals surface area contributed by atoms with E-state index in [1.807, 2.05) is 413 Å². The van der Waals surface area contributed by atoms with Crippen LogP contribution in [0.1, 0.15) is 192 Å². The van der Waals surface area contributed by atoms with Gasteiger partial charge in [-0.2, -0.15) is 0 Å². The molecule has 4 bridgehead atoms. The van der Waals surface area contributed by atoms with Crippen molar-refractivity contribution in [2.24, 2.45) is 0 Å². The summed E-state index contributed by atoms with van der Waals surface area (Å²) in [5.41, 5.74) is 8.99. The molecule has 0 saturated heterocycles. The molecule has 12 N–H and O–H groups in total. The number of carbonyl (C=O) groups excluding carboxylic acids is 8. The summed E-state index contributed by atoms with van der Waals surface area (Å²) >= 11 is 0. The lowest BCUT2D eigenvalue weighted by Gasteiger charge is -2.37. The molecule has 6 aliphatic rings. The number of carbonyl (C=O) groups is 8. The zero-order chi connectivity index (χ0) is 99.2. The number of hydrogen-bond donors (Lipinski definition) is 12. The van der Waals surface area contributed by atoms with Crippen LogP contribution in [0, 0.1) is 0 Å². The zero-order valence-corrected chi connectivity index (χ0v) is 81.3. The molecule has 20 rings (SSSR count). The maximum absolute atomic E-state index is 15.7. The van der Waals surface area contributed by atoms with Crippen molar-refractivity contribution >= 4 is 47.3 Å². The van der Waals surface area contributed by atoms with Gasteiger partial charge < -0.3 is 63.8 Å². The fourth-order valence-electron chi connectivity index (χ4n) is 21.2. The molecule has 2 aliphatic carbocycles. The van der Waals surface area contributed by atoms with Crippen LogP contribution in [0.2, 0.25) is 0 Å². The van der Waals surface area contributed by atoms with E-state index in [0.29, 0.717) is 25.7 Å². The molecule has 20 heteroatoms. The first-order chi connectivity index (χ1) is 70.6. The van der Waals surface area contributed by atoms with E-state index in [9.17, 15) is 0 Å². The molecule has 0 radical (unpaired) electrons. The number of hydrogen-bond acceptors (Lipinski definition) is 12. The fourth-order valence-corrected chi connectivity index (χ4v) is 21.2. The second-order valence-electron chi connectivity index (χ2n) is 38.1. The van der Waals surface area contributed by atoms with E-state index in [4.69, 9.17) is 0 Å². The minimum Gasteiger partial charge on any atom is -0.350 e. The van der Waals surface area contributed by atoms with Gasteiger partial charge in [0.1, 0.15) is 22.2 Å². The first-order valence-corrected chi connectivity index (χ1v) is 50.8. The Morgan fingerprint density at radius 2 is 0.333 bits per heavy atom. The monoisotopic (exact) mass is 1910 g/mol. The van der Waals surface area contributed by atoms with Crippen LogP contribution in [-0.4, -0.2) is 95.6 Å². The molecule has 2 fully saturated rings. The number of rotatable bonds is 28. The molecule has 0 unspecified atom stereocenters. The van der Waals surface area contributed by atoms with Gasteiger partial charge in [0.15, 0.2) is 0 Å². The third-order valence-corrected chi connectivity index (χ3v) is 28.8. The van der Waals surface area contributed by atoms with Crippen LogP contribution in [0.3, 0.4) is 0 Å². The van der Waals surface area contributed by atoms with Crippen molar-refractivity contribution in [2.75, 3.05) is 0 Å². The van der Waals surface area contributed by atoms with Crippen molar-refractivity contribution in [1.29, 1.82) is 0 Å². The van der Waals surface area contributed by atoms with Gasteiger partial charge in [-0.25, -0.2) is 0 Å². The summed E-state index contributed by atoms with van der Waals surface area (Å²) < 4.78 is 0. The number of benzene rings is 14. The Labute approximate surface area is 845 Å². The Balaban J connectivity index is 0.692. The van der Waals surface area contributed by atoms with Crippen LogP contribution in [0.15, 0.2) is 413 Å². The highest BCUT2D eigenvalue weighted by Gasteiger charge is 2.45. The normalized spacial score (nSPS) is 18.7. The largest absolute Gasteiger partial charge is 0.350 e. The Morgan fingerprint density at radius 1 is 0.201 bits per heavy atom. The van der Waals surface area contributed by atoms with Gasteiger partial charge in [0.25, 0.3) is 0 Å². The van der Waals surface area contributed by atoms with Crippen LogP contribution < -0.4 is 63.8 Å². The predicted molar refractivity (Wildman–Crippen MR) is 566 cm³/mol. The van der Waals surface area contributed by atoms with Crippen molar-refractivity contribution in [1.82, 2.24) is 63.8 Å². The Kier molecular flexibility index (Phi) is 34.0. The molecule has 0 aromatic heterocycles. The number of amides is 8. The average molecular weight is 1910 g/mol. The van der Waals surface area contributed by atoms with Crippen LogP contribution in [0.25, 0.3) is 0 Å². The third-order valence-electron chi connectivity index (χ3n) is 28.8. The van der Waals surface area contributed by atoms with Gasteiger partial charge in [-0.15, -0.1) is 0 Å². The van der Waals surface area contributed by atoms with Crippen molar-refractivity contribution in [3.8, 4) is 0 Å². The van der Waals surface area contributed by atoms with Gasteiger partial charge in [-0.1, -0.05) is 438 Å². The van der Waals surface area contributed by atoms with E-state index < -0.39 is 70.5 Å². The topological polar surface area (TPSA) is 281 Å². The summed E-state index contributed by atoms with van der Waals surface area (Å²) in [5, 5.41) is 42.2. The lowest BCUT2D eigenvalue weighted by molar-refractivity contribution is -0.128. The van der Waals surface area contributed by atoms with E-state index in [2.05, 4.69) is 63.8 Å². The Morgan fingerprint density at radius 3 is 0.465 bits per heavy atom. The molecule has 2 saturated carbocycles. The standard InChI is InChI=1S/C124H128N12O8/c137-113(133-121(93-41-13-1-14-42-93,94-43-15-2-16-44-94)95-45-17-3-18-46-95)81-77-109-117(141)129-105-65-37-38-66-106(105)130-118(142)110(78-82-114(138)134-122(96-47-19-4-20-48-96,97-49-21-5-22-50-97)98-51-23-6-24-52-98)127-87-91-73-75-92(76-74-91)88-128-112(80-84-116(140)136-124(102-59-31-10-32-60-102,103-61-33-11-34-62-103)104-63-35-12-36-64-104)120(144)132-108-68-40-39-67-107(108)131-119(143)111(126-86-90-71-69-89(70-72-90)85-125-109)79-83-115(139)135-123(99-53-25-7-26-54-99,100-55-27-8-28-56-100)101-57-29-9-30-58-101/h1-36,41-64,69-76,105-112,125-128H,37-40,65-68,77-88H2,(H,129,141)(H,130,142)(H,131,143)(H,132,144)(H,133,137)(H,134,138)(H,135,139)(H,136,140)/t105-,106-,107-,108-,109+,110+,111+,112+/m1/s1. The lowest BCUT2D eigenvalue weighted by Crippen LogP contribution is -2.59. The SMILES string of the molecule is O=C(CC[C@@H]1NCc2ccc(cc2)CN[C@@H](CCC(=O)NC(c2ccccc2)(c2ccccc2)c2ccccc2)C(=O)N[C@@H]2CCCC[C@H]2NC(=O)[C@H](CCC(=O)NC(c2ccccc2)(c2ccccc2)c2ccccc2)NCc2ccc(cc2)CN[C@@H](CCC(=O)NC(c2ccccc2)(c2ccccc2)c2ccccc2)C(=O)N[C@@H]2CCCC[C@H]2NC1=O)NC(c1ccccc1)(c1ccccc1)c1ccccc1. The molecular weight excluding hydrogens is 1790 g/mol. The van der Waals surface area contributed by atoms with Gasteiger partial charge in [0.2, 0.25) is 47.3 Å². The predicted octanol–water partition coefficient (Wildman–Crippen LogP) is 17.9. The van der Waals surface area contributed by atoms with E-state index in [-0.39, 0.29) is 125 Å². The molecule has 0 spiro atoms. The average Bonchev–Trinajstić information content (AvgIpc) is 0.765. The highest BCUT2D eigenvalue weighted by molar-refractivity contribution is 5.88. The van der Waals surface area contributed by atoms with E-state index in [1.54, 1.807) is 0 Å². The van der Waals surface area contributed by atoms with Crippen molar-refractivity contribution in [2.45, 2.75) is 199 Å². The quantitative estimate of drug-likeness (QED) is 0.0204. The van der Waals surface area contributed by atoms with Gasteiger partial charge >= 0.3 is 0 Å². The van der Waals surface area contributed by atoms with Crippen LogP contribution in [0.4, 0.5) is 0 Å². The Bertz CT molecular complexity index is 5320. The first kappa shape index (κ1) is 100. The molecule has 8 amide bonds. The molecule has 20 nitrogen and oxygen atoms in total. The fraction of sp³-hybridized carbons (Fsp3) is 0.258. The maximum Gasteiger partial charge on any atom is 0.237 e. The summed E-state index contributed by atoms with van der Waals surface area (Å²) in [4.78, 5) is 124. The second kappa shape index (κ2) is 48.9. The van der Waals surface area contributed by atoms with Gasteiger partial charge in [0, 0.05) is 76.0 Å². The van der Waals surface area contributed by atoms with Crippen LogP contribution >= 0.6 is 0 Å². The smallest absolute Gasteiger partial charge is 0.237 e. The molecule has 4 aliphatic heterocycles. The molecular formula is C124H128N12O8. The van der Waals surface area contributed by atoms with E-state index >= 15 is 38.4 Å². The minimum atomic E-state index is -1.13. The van der Waals surface area contributed by atoms with Gasteiger partial charge in [-0.05, 0) is 140 Å². The zero-order valence-electron chi connectivity index (χ0n) is 81.3. The summed E-state index contributed by atoms with van der Waals surface area (Å²) in [6.45, 7) is 0.809. The maximum atomic E-state index is 15.7. The molecule has 4 heterocycles. The summed E-state index contributed by atoms with van der Waals surface area (Å²) in [7, 11) is 0. The molecule has 14 aromatic carbocycles. The molecule has 8 atom stereocenters. The summed E-state index contributed by atoms with van der Waals surface area (Å²) in [5.74, 6) is -2.54. The second-order valence-corrected chi connectivity index (χ2v) is 38.1.